The average Bonchev–Trinajstić information content (AvgIpc) is 3.30. The Morgan fingerprint density at radius 3 is 2.80 bits per heavy atom. The van der Waals surface area contributed by atoms with Crippen molar-refractivity contribution in [2.75, 3.05) is 5.32 Å². The van der Waals surface area contributed by atoms with Crippen LogP contribution in [0.15, 0.2) is 36.7 Å². The van der Waals surface area contributed by atoms with Gasteiger partial charge in [-0.3, -0.25) is 4.79 Å². The lowest BCUT2D eigenvalue weighted by atomic mass is 10.2. The van der Waals surface area contributed by atoms with Crippen molar-refractivity contribution in [1.82, 2.24) is 30.3 Å². The number of aryl methyl sites for hydroxylation is 1. The Kier molecular flexibility index (Phi) is 5.10. The zero-order valence-corrected chi connectivity index (χ0v) is 15.9. The highest BCUT2D eigenvalue weighted by molar-refractivity contribution is 5.78. The summed E-state index contributed by atoms with van der Waals surface area (Å²) in [5.41, 5.74) is 1.08. The normalized spacial score (nSPS) is 16.5. The molecule has 8 nitrogen and oxygen atoms in total. The number of pyridine rings is 2. The van der Waals surface area contributed by atoms with Gasteiger partial charge in [-0.25, -0.2) is 14.6 Å². The molecule has 1 aliphatic heterocycles. The molecule has 3 aromatic heterocycles. The van der Waals surface area contributed by atoms with Crippen LogP contribution in [0.3, 0.4) is 0 Å². The first-order valence-corrected chi connectivity index (χ1v) is 9.25. The number of halogens is 3. The van der Waals surface area contributed by atoms with Crippen molar-refractivity contribution in [2.24, 2.45) is 0 Å². The van der Waals surface area contributed by atoms with Gasteiger partial charge in [0.1, 0.15) is 17.3 Å². The monoisotopic (exact) mass is 417 g/mol. The van der Waals surface area contributed by atoms with E-state index in [1.165, 1.54) is 0 Å². The van der Waals surface area contributed by atoms with Crippen LogP contribution in [0.2, 0.25) is 0 Å². The van der Waals surface area contributed by atoms with Gasteiger partial charge in [0.2, 0.25) is 5.91 Å². The van der Waals surface area contributed by atoms with E-state index in [-0.39, 0.29) is 17.8 Å². The molecule has 1 fully saturated rings. The van der Waals surface area contributed by atoms with Crippen molar-refractivity contribution in [1.29, 1.82) is 0 Å². The lowest BCUT2D eigenvalue weighted by Crippen LogP contribution is -2.29. The van der Waals surface area contributed by atoms with Gasteiger partial charge in [0.15, 0.2) is 0 Å². The zero-order chi connectivity index (χ0) is 21.3. The van der Waals surface area contributed by atoms with E-state index < -0.39 is 11.7 Å². The van der Waals surface area contributed by atoms with E-state index in [2.05, 4.69) is 30.9 Å². The van der Waals surface area contributed by atoms with E-state index in [1.807, 2.05) is 6.92 Å². The molecule has 11 heteroatoms. The van der Waals surface area contributed by atoms with Crippen LogP contribution in [0, 0.1) is 6.92 Å². The van der Waals surface area contributed by atoms with E-state index in [1.54, 1.807) is 23.0 Å². The summed E-state index contributed by atoms with van der Waals surface area (Å²) in [5, 5.41) is 13.9. The number of carbonyl (C=O) groups excluding carboxylic acids is 1. The Morgan fingerprint density at radius 1 is 1.23 bits per heavy atom. The number of rotatable bonds is 5. The predicted octanol–water partition coefficient (Wildman–Crippen LogP) is 3.08. The van der Waals surface area contributed by atoms with Gasteiger partial charge in [0.05, 0.1) is 24.0 Å². The van der Waals surface area contributed by atoms with Gasteiger partial charge in [0, 0.05) is 18.7 Å². The fraction of sp³-hybridized carbons (Fsp3) is 0.316. The Bertz CT molecular complexity index is 1080. The number of hydrogen-bond donors (Lipinski definition) is 2. The lowest BCUT2D eigenvalue weighted by Gasteiger charge is -2.10. The summed E-state index contributed by atoms with van der Waals surface area (Å²) >= 11 is 0. The smallest absolute Gasteiger partial charge is 0.351 e. The number of amides is 1. The first-order chi connectivity index (χ1) is 14.3. The SMILES string of the molecule is Cc1cc(Nc2cc(C(F)(F)F)ccn2)nc(-c2cn(C[C@H]3CCC(=O)N3)nn2)c1. The number of hydrogen-bond acceptors (Lipinski definition) is 6. The Balaban J connectivity index is 1.53. The van der Waals surface area contributed by atoms with E-state index in [9.17, 15) is 18.0 Å². The van der Waals surface area contributed by atoms with E-state index >= 15 is 0 Å². The highest BCUT2D eigenvalue weighted by Crippen LogP contribution is 2.30. The topological polar surface area (TPSA) is 97.6 Å². The second-order valence-electron chi connectivity index (χ2n) is 7.10. The molecule has 4 heterocycles. The fourth-order valence-electron chi connectivity index (χ4n) is 3.21. The van der Waals surface area contributed by atoms with Crippen LogP contribution in [0.25, 0.3) is 11.4 Å². The third kappa shape index (κ3) is 4.56. The molecule has 1 amide bonds. The maximum Gasteiger partial charge on any atom is 0.416 e. The lowest BCUT2D eigenvalue weighted by molar-refractivity contribution is -0.137. The summed E-state index contributed by atoms with van der Waals surface area (Å²) in [6.07, 6.45) is -0.394. The molecule has 156 valence electrons. The van der Waals surface area contributed by atoms with Crippen molar-refractivity contribution in [3.8, 4) is 11.4 Å². The number of nitrogens with zero attached hydrogens (tertiary/aromatic N) is 5. The number of aromatic nitrogens is 5. The van der Waals surface area contributed by atoms with Gasteiger partial charge in [-0.15, -0.1) is 5.10 Å². The molecule has 0 saturated carbocycles. The van der Waals surface area contributed by atoms with E-state index in [0.717, 1.165) is 30.3 Å². The molecule has 0 radical (unpaired) electrons. The molecule has 0 bridgehead atoms. The molecular weight excluding hydrogens is 399 g/mol. The molecule has 0 aromatic carbocycles. The zero-order valence-electron chi connectivity index (χ0n) is 15.9. The Hall–Kier alpha value is -3.50. The van der Waals surface area contributed by atoms with Gasteiger partial charge < -0.3 is 10.6 Å². The first-order valence-electron chi connectivity index (χ1n) is 9.25. The molecule has 1 saturated heterocycles. The van der Waals surface area contributed by atoms with Gasteiger partial charge in [0.25, 0.3) is 0 Å². The minimum absolute atomic E-state index is 0.0155. The second-order valence-corrected chi connectivity index (χ2v) is 7.10. The molecule has 4 rings (SSSR count). The highest BCUT2D eigenvalue weighted by atomic mass is 19.4. The molecule has 0 spiro atoms. The molecule has 2 N–H and O–H groups in total. The minimum Gasteiger partial charge on any atom is -0.351 e. The third-order valence-corrected chi connectivity index (χ3v) is 4.61. The molecule has 1 aliphatic rings. The number of alkyl halides is 3. The largest absolute Gasteiger partial charge is 0.416 e. The minimum atomic E-state index is -4.46. The summed E-state index contributed by atoms with van der Waals surface area (Å²) in [6, 6.07) is 5.35. The maximum absolute atomic E-state index is 12.9. The summed E-state index contributed by atoms with van der Waals surface area (Å²) in [5.74, 6) is 0.406. The fourth-order valence-corrected chi connectivity index (χ4v) is 3.21. The Morgan fingerprint density at radius 2 is 2.07 bits per heavy atom. The third-order valence-electron chi connectivity index (χ3n) is 4.61. The summed E-state index contributed by atoms with van der Waals surface area (Å²) in [4.78, 5) is 19.7. The summed E-state index contributed by atoms with van der Waals surface area (Å²) < 4.78 is 40.4. The number of anilines is 2. The molecular formula is C19H18F3N7O. The van der Waals surface area contributed by atoms with Crippen molar-refractivity contribution in [2.45, 2.75) is 38.5 Å². The molecule has 0 aliphatic carbocycles. The quantitative estimate of drug-likeness (QED) is 0.662. The average molecular weight is 417 g/mol. The molecule has 3 aromatic rings. The van der Waals surface area contributed by atoms with Crippen LogP contribution >= 0.6 is 0 Å². The Labute approximate surface area is 169 Å². The van der Waals surface area contributed by atoms with Crippen molar-refractivity contribution in [3.63, 3.8) is 0 Å². The van der Waals surface area contributed by atoms with Crippen molar-refractivity contribution < 1.29 is 18.0 Å². The maximum atomic E-state index is 12.9. The standard InChI is InChI=1S/C19H18F3N7O/c1-11-6-14(15-10-29(28-27-15)9-13-2-3-18(30)24-13)25-17(7-11)26-16-8-12(4-5-23-16)19(20,21)22/h4-8,10,13H,2-3,9H2,1H3,(H,24,30)(H,23,25,26)/t13-/m1/s1. The van der Waals surface area contributed by atoms with Crippen LogP contribution in [-0.4, -0.2) is 36.9 Å². The first kappa shape index (κ1) is 19.8. The van der Waals surface area contributed by atoms with Crippen LogP contribution < -0.4 is 10.6 Å². The van der Waals surface area contributed by atoms with Gasteiger partial charge >= 0.3 is 6.18 Å². The van der Waals surface area contributed by atoms with Crippen molar-refractivity contribution >= 4 is 17.5 Å². The number of carbonyl (C=O) groups is 1. The molecule has 30 heavy (non-hydrogen) atoms. The van der Waals surface area contributed by atoms with Crippen LogP contribution in [0.1, 0.15) is 24.0 Å². The van der Waals surface area contributed by atoms with Crippen molar-refractivity contribution in [3.05, 3.63) is 47.8 Å². The van der Waals surface area contributed by atoms with Gasteiger partial charge in [-0.05, 0) is 43.2 Å². The van der Waals surface area contributed by atoms with Crippen LogP contribution in [0.5, 0.6) is 0 Å². The van der Waals surface area contributed by atoms with Crippen LogP contribution in [0.4, 0.5) is 24.8 Å². The number of nitrogens with one attached hydrogen (secondary N) is 2. The van der Waals surface area contributed by atoms with E-state index in [4.69, 9.17) is 0 Å². The summed E-state index contributed by atoms with van der Waals surface area (Å²) in [7, 11) is 0. The molecule has 0 unspecified atom stereocenters. The summed E-state index contributed by atoms with van der Waals surface area (Å²) in [6.45, 7) is 2.35. The van der Waals surface area contributed by atoms with Crippen LogP contribution in [-0.2, 0) is 17.5 Å². The molecule has 1 atom stereocenters. The predicted molar refractivity (Wildman–Crippen MR) is 102 cm³/mol. The second kappa shape index (κ2) is 7.73. The van der Waals surface area contributed by atoms with E-state index in [0.29, 0.717) is 30.2 Å². The van der Waals surface area contributed by atoms with Gasteiger partial charge in [-0.1, -0.05) is 5.21 Å². The highest BCUT2D eigenvalue weighted by Gasteiger charge is 2.30. The van der Waals surface area contributed by atoms with Gasteiger partial charge in [-0.2, -0.15) is 13.2 Å².